The Bertz CT molecular complexity index is 1200. The number of nitrogens with one attached hydrogen (secondary N) is 1. The molecule has 3 aromatic carbocycles. The number of carboxylic acid groups (broad SMARTS) is 1. The number of hydrogen-bond donors (Lipinski definition) is 2. The summed E-state index contributed by atoms with van der Waals surface area (Å²) in [5, 5.41) is 26.2. The number of aliphatic carboxylic acids is 1. The highest BCUT2D eigenvalue weighted by molar-refractivity contribution is 8.00. The highest BCUT2D eigenvalue weighted by Crippen LogP contribution is 2.56. The topological polar surface area (TPSA) is 92.5 Å². The maximum Gasteiger partial charge on any atom is 0.326 e. The highest BCUT2D eigenvalue weighted by atomic mass is 35.5. The molecule has 0 radical (unpaired) electrons. The number of hydrogen-bond acceptors (Lipinski definition) is 5. The first-order chi connectivity index (χ1) is 15.0. The Balaban J connectivity index is 1.58. The van der Waals surface area contributed by atoms with Gasteiger partial charge in [-0.15, -0.1) is 23.4 Å². The molecule has 0 unspecified atom stereocenters. The number of carbonyl (C=O) groups is 1. The van der Waals surface area contributed by atoms with Crippen molar-refractivity contribution >= 4 is 51.5 Å². The van der Waals surface area contributed by atoms with Gasteiger partial charge in [-0.1, -0.05) is 42.5 Å². The van der Waals surface area contributed by atoms with E-state index >= 15 is 0 Å². The first-order valence-corrected chi connectivity index (χ1v) is 11.3. The lowest BCUT2D eigenvalue weighted by molar-refractivity contribution is -0.387. The van der Waals surface area contributed by atoms with Crippen LogP contribution in [0.3, 0.4) is 0 Å². The van der Waals surface area contributed by atoms with E-state index in [1.165, 1.54) is 17.8 Å². The molecule has 5 atom stereocenters. The molecule has 0 aromatic heterocycles. The van der Waals surface area contributed by atoms with Crippen LogP contribution >= 0.6 is 23.4 Å². The molecular weight excluding hydrogens is 436 g/mol. The number of thioether (sulfide) groups is 1. The van der Waals surface area contributed by atoms with Crippen LogP contribution in [0.2, 0.25) is 0 Å². The average molecular weight is 455 g/mol. The van der Waals surface area contributed by atoms with E-state index in [1.807, 2.05) is 36.4 Å². The number of nitro groups is 1. The number of benzene rings is 3. The van der Waals surface area contributed by atoms with Gasteiger partial charge in [0.05, 0.1) is 15.2 Å². The van der Waals surface area contributed by atoms with Crippen LogP contribution in [0.1, 0.15) is 17.9 Å². The fraction of sp³-hybridized carbons (Fsp3) is 0.261. The van der Waals surface area contributed by atoms with E-state index in [9.17, 15) is 20.0 Å². The van der Waals surface area contributed by atoms with Crippen molar-refractivity contribution in [1.29, 1.82) is 0 Å². The van der Waals surface area contributed by atoms with Crippen molar-refractivity contribution in [2.45, 2.75) is 33.9 Å². The first kappa shape index (κ1) is 20.2. The van der Waals surface area contributed by atoms with Gasteiger partial charge in [-0.25, -0.2) is 4.79 Å². The maximum absolute atomic E-state index is 12.1. The fourth-order valence-electron chi connectivity index (χ4n) is 5.01. The predicted molar refractivity (Wildman–Crippen MR) is 122 cm³/mol. The maximum atomic E-state index is 12.1. The third-order valence-electron chi connectivity index (χ3n) is 6.31. The Morgan fingerprint density at radius 3 is 2.65 bits per heavy atom. The Kier molecular flexibility index (Phi) is 5.02. The van der Waals surface area contributed by atoms with E-state index in [1.54, 1.807) is 18.2 Å². The number of nitrogens with zero attached hydrogens (tertiary/aromatic N) is 1. The van der Waals surface area contributed by atoms with Gasteiger partial charge in [0.15, 0.2) is 0 Å². The van der Waals surface area contributed by atoms with Crippen molar-refractivity contribution in [2.75, 3.05) is 5.32 Å². The second-order valence-electron chi connectivity index (χ2n) is 7.96. The monoisotopic (exact) mass is 454 g/mol. The molecule has 2 aliphatic rings. The van der Waals surface area contributed by atoms with Crippen molar-refractivity contribution in [3.8, 4) is 0 Å². The van der Waals surface area contributed by atoms with Crippen molar-refractivity contribution in [2.24, 2.45) is 5.92 Å². The minimum Gasteiger partial charge on any atom is -0.480 e. The molecule has 1 aliphatic heterocycles. The van der Waals surface area contributed by atoms with Gasteiger partial charge in [-0.3, -0.25) is 10.1 Å². The van der Waals surface area contributed by atoms with Crippen LogP contribution in [0.25, 0.3) is 10.8 Å². The number of rotatable bonds is 4. The summed E-state index contributed by atoms with van der Waals surface area (Å²) in [5.41, 5.74) is 1.89. The van der Waals surface area contributed by atoms with E-state index < -0.39 is 16.9 Å². The van der Waals surface area contributed by atoms with Crippen LogP contribution in [0.4, 0.5) is 11.4 Å². The molecule has 0 saturated heterocycles. The van der Waals surface area contributed by atoms with Gasteiger partial charge in [-0.2, -0.15) is 0 Å². The van der Waals surface area contributed by atoms with E-state index in [0.29, 0.717) is 11.3 Å². The third kappa shape index (κ3) is 3.32. The quantitative estimate of drug-likeness (QED) is 0.307. The molecule has 0 spiro atoms. The molecule has 1 saturated carbocycles. The molecular formula is C23H19ClN2O4S. The highest BCUT2D eigenvalue weighted by Gasteiger charge is 2.52. The summed E-state index contributed by atoms with van der Waals surface area (Å²) in [6.07, 6.45) is 0.558. The standard InChI is InChI=1S/C23H19ClN2O4S/c24-21-18(31-17-8-4-3-7-16(17)26(29)30)11-14-20(21)19-13-6-2-1-5-12(13)9-10-15(19)25-22(14)23(27)28/h1-10,14,18,20-22,25H,11H2,(H,27,28)/t14-,18+,20-,21-,22-/m1/s1. The largest absolute Gasteiger partial charge is 0.480 e. The van der Waals surface area contributed by atoms with Crippen molar-refractivity contribution < 1.29 is 14.8 Å². The number of nitro benzene ring substituents is 1. The summed E-state index contributed by atoms with van der Waals surface area (Å²) >= 11 is 8.40. The molecule has 1 aliphatic carbocycles. The van der Waals surface area contributed by atoms with Crippen molar-refractivity contribution in [3.63, 3.8) is 0 Å². The molecule has 158 valence electrons. The van der Waals surface area contributed by atoms with Gasteiger partial charge < -0.3 is 10.4 Å². The molecule has 3 aromatic rings. The lowest BCUT2D eigenvalue weighted by atomic mass is 9.77. The Morgan fingerprint density at radius 1 is 1.13 bits per heavy atom. The normalized spacial score (nSPS) is 26.7. The Hall–Kier alpha value is -2.77. The Morgan fingerprint density at radius 2 is 1.87 bits per heavy atom. The summed E-state index contributed by atoms with van der Waals surface area (Å²) in [4.78, 5) is 23.7. The first-order valence-electron chi connectivity index (χ1n) is 10.0. The zero-order valence-electron chi connectivity index (χ0n) is 16.3. The smallest absolute Gasteiger partial charge is 0.326 e. The summed E-state index contributed by atoms with van der Waals surface area (Å²) in [5.74, 6) is -1.28. The van der Waals surface area contributed by atoms with Gasteiger partial charge in [0.2, 0.25) is 0 Å². The second kappa shape index (κ2) is 7.73. The van der Waals surface area contributed by atoms with Crippen LogP contribution < -0.4 is 5.32 Å². The molecule has 0 amide bonds. The lowest BCUT2D eigenvalue weighted by Crippen LogP contribution is -2.42. The lowest BCUT2D eigenvalue weighted by Gasteiger charge is -2.36. The zero-order valence-corrected chi connectivity index (χ0v) is 17.8. The number of para-hydroxylation sites is 1. The van der Waals surface area contributed by atoms with Crippen molar-refractivity contribution in [1.82, 2.24) is 0 Å². The van der Waals surface area contributed by atoms with Crippen LogP contribution in [0.15, 0.2) is 65.6 Å². The number of fused-ring (bicyclic) bond motifs is 5. The van der Waals surface area contributed by atoms with Gasteiger partial charge >= 0.3 is 5.97 Å². The van der Waals surface area contributed by atoms with Crippen LogP contribution in [0.5, 0.6) is 0 Å². The zero-order chi connectivity index (χ0) is 21.7. The van der Waals surface area contributed by atoms with E-state index in [4.69, 9.17) is 11.6 Å². The van der Waals surface area contributed by atoms with Crippen molar-refractivity contribution in [3.05, 3.63) is 76.3 Å². The predicted octanol–water partition coefficient (Wildman–Crippen LogP) is 5.50. The fourth-order valence-corrected chi connectivity index (χ4v) is 6.95. The number of carboxylic acids is 1. The van der Waals surface area contributed by atoms with E-state index in [2.05, 4.69) is 5.32 Å². The molecule has 8 heteroatoms. The SMILES string of the molecule is O=C(O)[C@@H]1Nc2ccc3ccccc3c2[C@@H]2[C@H](Cl)[C@@H](Sc3ccccc3[N+](=O)[O-])C[C@H]21. The van der Waals surface area contributed by atoms with Crippen LogP contribution in [-0.2, 0) is 4.79 Å². The molecule has 1 heterocycles. The van der Waals surface area contributed by atoms with E-state index in [0.717, 1.165) is 22.0 Å². The summed E-state index contributed by atoms with van der Waals surface area (Å²) in [6, 6.07) is 17.8. The molecule has 6 nitrogen and oxygen atoms in total. The number of alkyl halides is 1. The van der Waals surface area contributed by atoms with E-state index in [-0.39, 0.29) is 28.2 Å². The summed E-state index contributed by atoms with van der Waals surface area (Å²) < 4.78 is 0. The number of anilines is 1. The van der Waals surface area contributed by atoms with Gasteiger partial charge in [0.25, 0.3) is 5.69 Å². The molecule has 5 rings (SSSR count). The minimum absolute atomic E-state index is 0.0463. The van der Waals surface area contributed by atoms with Gasteiger partial charge in [0, 0.05) is 22.9 Å². The summed E-state index contributed by atoms with van der Waals surface area (Å²) in [7, 11) is 0. The minimum atomic E-state index is -0.908. The second-order valence-corrected chi connectivity index (χ2v) is 9.74. The molecule has 0 bridgehead atoms. The van der Waals surface area contributed by atoms with Gasteiger partial charge in [0.1, 0.15) is 6.04 Å². The van der Waals surface area contributed by atoms with Crippen LogP contribution in [-0.4, -0.2) is 32.7 Å². The Labute approximate surface area is 187 Å². The summed E-state index contributed by atoms with van der Waals surface area (Å²) in [6.45, 7) is 0. The average Bonchev–Trinajstić information content (AvgIpc) is 3.09. The van der Waals surface area contributed by atoms with Crippen LogP contribution in [0, 0.1) is 16.0 Å². The number of halogens is 1. The molecule has 2 N–H and O–H groups in total. The molecule has 31 heavy (non-hydrogen) atoms. The van der Waals surface area contributed by atoms with Gasteiger partial charge in [-0.05, 0) is 40.8 Å². The molecule has 1 fully saturated rings. The third-order valence-corrected chi connectivity index (χ3v) is 8.43.